The van der Waals surface area contributed by atoms with E-state index < -0.39 is 0 Å². The third kappa shape index (κ3) is 13.2. The minimum atomic E-state index is 1.13. The van der Waals surface area contributed by atoms with Crippen molar-refractivity contribution in [3.05, 3.63) is 37.0 Å². The van der Waals surface area contributed by atoms with E-state index in [1.54, 1.807) is 0 Å². The molecule has 0 atom stereocenters. The zero-order valence-corrected chi connectivity index (χ0v) is 11.0. The van der Waals surface area contributed by atoms with Gasteiger partial charge in [0.1, 0.15) is 0 Å². The average molecular weight is 220 g/mol. The van der Waals surface area contributed by atoms with E-state index >= 15 is 0 Å². The molecule has 0 amide bonds. The third-order valence-corrected chi connectivity index (χ3v) is 2.64. The van der Waals surface area contributed by atoms with Crippen LogP contribution in [-0.2, 0) is 0 Å². The van der Waals surface area contributed by atoms with Crippen molar-refractivity contribution in [1.29, 1.82) is 0 Å². The summed E-state index contributed by atoms with van der Waals surface area (Å²) in [4.78, 5) is 0. The van der Waals surface area contributed by atoms with Crippen LogP contribution in [0.15, 0.2) is 37.0 Å². The molecular formula is C16H28. The van der Waals surface area contributed by atoms with Gasteiger partial charge >= 0.3 is 0 Å². The number of hydrogen-bond donors (Lipinski definition) is 0. The molecule has 92 valence electrons. The quantitative estimate of drug-likeness (QED) is 0.234. The summed E-state index contributed by atoms with van der Waals surface area (Å²) in [7, 11) is 0. The first-order valence-corrected chi connectivity index (χ1v) is 6.84. The van der Waals surface area contributed by atoms with Crippen LogP contribution < -0.4 is 0 Å². The minimum Gasteiger partial charge on any atom is -0.103 e. The first-order chi connectivity index (χ1) is 7.91. The second-order valence-corrected chi connectivity index (χ2v) is 4.28. The summed E-state index contributed by atoms with van der Waals surface area (Å²) in [6.07, 6.45) is 22.5. The van der Waals surface area contributed by atoms with Gasteiger partial charge in [0, 0.05) is 0 Å². The lowest BCUT2D eigenvalue weighted by molar-refractivity contribution is 0.637. The molecule has 0 aromatic rings. The van der Waals surface area contributed by atoms with Gasteiger partial charge in [-0.2, -0.15) is 0 Å². The van der Waals surface area contributed by atoms with Crippen molar-refractivity contribution in [2.24, 2.45) is 0 Å². The monoisotopic (exact) mass is 220 g/mol. The standard InChI is InChI=1S/C16H28/c1-3-5-7-9-11-13-15-16-14-12-10-8-6-4-2/h3,11,13,15-16H,1,4-10,12,14H2,2H3. The van der Waals surface area contributed by atoms with Crippen LogP contribution in [0.3, 0.4) is 0 Å². The molecule has 0 N–H and O–H groups in total. The molecule has 0 aliphatic rings. The molecule has 0 radical (unpaired) electrons. The molecule has 0 aliphatic heterocycles. The molecule has 0 bridgehead atoms. The second-order valence-electron chi connectivity index (χ2n) is 4.28. The van der Waals surface area contributed by atoms with Crippen molar-refractivity contribution in [3.8, 4) is 0 Å². The van der Waals surface area contributed by atoms with Gasteiger partial charge in [-0.25, -0.2) is 0 Å². The van der Waals surface area contributed by atoms with Gasteiger partial charge in [0.25, 0.3) is 0 Å². The first kappa shape index (κ1) is 15.2. The maximum atomic E-state index is 3.71. The van der Waals surface area contributed by atoms with Gasteiger partial charge in [-0.05, 0) is 32.1 Å². The van der Waals surface area contributed by atoms with Crippen molar-refractivity contribution >= 4 is 0 Å². The molecular weight excluding hydrogens is 192 g/mol. The number of unbranched alkanes of at least 4 members (excludes halogenated alkanes) is 7. The van der Waals surface area contributed by atoms with Crippen LogP contribution in [0.1, 0.15) is 64.7 Å². The summed E-state index contributed by atoms with van der Waals surface area (Å²) >= 11 is 0. The van der Waals surface area contributed by atoms with Crippen LogP contribution in [0.2, 0.25) is 0 Å². The van der Waals surface area contributed by atoms with Crippen molar-refractivity contribution < 1.29 is 0 Å². The van der Waals surface area contributed by atoms with Crippen LogP contribution in [0.5, 0.6) is 0 Å². The summed E-state index contributed by atoms with van der Waals surface area (Å²) in [5, 5.41) is 0. The van der Waals surface area contributed by atoms with Gasteiger partial charge in [-0.3, -0.25) is 0 Å². The van der Waals surface area contributed by atoms with Crippen molar-refractivity contribution in [2.45, 2.75) is 64.7 Å². The maximum absolute atomic E-state index is 3.71. The molecule has 0 aromatic carbocycles. The highest BCUT2D eigenvalue weighted by Crippen LogP contribution is 2.05. The fourth-order valence-electron chi connectivity index (χ4n) is 1.60. The zero-order chi connectivity index (χ0) is 11.9. The van der Waals surface area contributed by atoms with Gasteiger partial charge < -0.3 is 0 Å². The van der Waals surface area contributed by atoms with Crippen molar-refractivity contribution in [3.63, 3.8) is 0 Å². The highest BCUT2D eigenvalue weighted by molar-refractivity contribution is 5.02. The van der Waals surface area contributed by atoms with E-state index in [-0.39, 0.29) is 0 Å². The topological polar surface area (TPSA) is 0 Å². The van der Waals surface area contributed by atoms with E-state index in [2.05, 4.69) is 37.8 Å². The van der Waals surface area contributed by atoms with Gasteiger partial charge in [-0.15, -0.1) is 6.58 Å². The van der Waals surface area contributed by atoms with Crippen LogP contribution in [-0.4, -0.2) is 0 Å². The predicted octanol–water partition coefficient (Wildman–Crippen LogP) is 5.82. The minimum absolute atomic E-state index is 1.13. The Morgan fingerprint density at radius 3 is 2.00 bits per heavy atom. The smallest absolute Gasteiger partial charge is 0.0345 e. The fraction of sp³-hybridized carbons (Fsp3) is 0.625. The Hall–Kier alpha value is -0.780. The molecule has 0 heteroatoms. The molecule has 0 heterocycles. The van der Waals surface area contributed by atoms with E-state index in [1.165, 1.54) is 51.4 Å². The molecule has 0 nitrogen and oxygen atoms in total. The highest BCUT2D eigenvalue weighted by atomic mass is 13.9. The molecule has 0 saturated carbocycles. The van der Waals surface area contributed by atoms with Crippen molar-refractivity contribution in [1.82, 2.24) is 0 Å². The molecule has 0 spiro atoms. The van der Waals surface area contributed by atoms with Gasteiger partial charge in [-0.1, -0.05) is 63.0 Å². The Bertz CT molecular complexity index is 186. The lowest BCUT2D eigenvalue weighted by atomic mass is 10.1. The Morgan fingerprint density at radius 1 is 0.750 bits per heavy atom. The fourth-order valence-corrected chi connectivity index (χ4v) is 1.60. The van der Waals surface area contributed by atoms with E-state index in [4.69, 9.17) is 0 Å². The normalized spacial score (nSPS) is 11.6. The van der Waals surface area contributed by atoms with Gasteiger partial charge in [0.15, 0.2) is 0 Å². The third-order valence-electron chi connectivity index (χ3n) is 2.64. The summed E-state index contributed by atoms with van der Waals surface area (Å²) < 4.78 is 0. The van der Waals surface area contributed by atoms with E-state index in [1.807, 2.05) is 6.08 Å². The molecule has 0 unspecified atom stereocenters. The van der Waals surface area contributed by atoms with Crippen LogP contribution in [0.4, 0.5) is 0 Å². The predicted molar refractivity (Wildman–Crippen MR) is 75.7 cm³/mol. The summed E-state index contributed by atoms with van der Waals surface area (Å²) in [6, 6.07) is 0. The summed E-state index contributed by atoms with van der Waals surface area (Å²) in [5.41, 5.74) is 0. The summed E-state index contributed by atoms with van der Waals surface area (Å²) in [6.45, 7) is 5.97. The number of rotatable bonds is 11. The largest absolute Gasteiger partial charge is 0.103 e. The number of hydrogen-bond acceptors (Lipinski definition) is 0. The number of allylic oxidation sites excluding steroid dienone is 5. The van der Waals surface area contributed by atoms with E-state index in [0.29, 0.717) is 0 Å². The highest BCUT2D eigenvalue weighted by Gasteiger charge is 1.85. The van der Waals surface area contributed by atoms with Crippen LogP contribution in [0.25, 0.3) is 0 Å². The zero-order valence-electron chi connectivity index (χ0n) is 11.0. The van der Waals surface area contributed by atoms with Crippen molar-refractivity contribution in [2.75, 3.05) is 0 Å². The van der Waals surface area contributed by atoms with Crippen LogP contribution in [0, 0.1) is 0 Å². The van der Waals surface area contributed by atoms with E-state index in [9.17, 15) is 0 Å². The second kappa shape index (κ2) is 14.2. The Morgan fingerprint density at radius 2 is 1.38 bits per heavy atom. The Kier molecular flexibility index (Phi) is 13.5. The maximum Gasteiger partial charge on any atom is -0.0345 e. The molecule has 0 rings (SSSR count). The van der Waals surface area contributed by atoms with Crippen LogP contribution >= 0.6 is 0 Å². The molecule has 0 aliphatic carbocycles. The Balaban J connectivity index is 3.17. The molecule has 0 fully saturated rings. The Labute approximate surface area is 102 Å². The van der Waals surface area contributed by atoms with E-state index in [0.717, 1.165) is 6.42 Å². The lowest BCUT2D eigenvalue weighted by Crippen LogP contribution is -1.75. The lowest BCUT2D eigenvalue weighted by Gasteiger charge is -1.95. The molecule has 0 aromatic heterocycles. The SMILES string of the molecule is C=CCCCC=CC=CCCCCCCC. The van der Waals surface area contributed by atoms with Gasteiger partial charge in [0.05, 0.1) is 0 Å². The first-order valence-electron chi connectivity index (χ1n) is 6.84. The summed E-state index contributed by atoms with van der Waals surface area (Å²) in [5.74, 6) is 0. The average Bonchev–Trinajstić information content (AvgIpc) is 2.31. The molecule has 16 heavy (non-hydrogen) atoms. The van der Waals surface area contributed by atoms with Gasteiger partial charge in [0.2, 0.25) is 0 Å². The molecule has 0 saturated heterocycles.